The molecule has 4 nitrogen and oxygen atoms in total. The number of rotatable bonds is 3. The number of fused-ring (bicyclic) bond motifs is 1. The molecule has 0 aromatic heterocycles. The molecular formula is C11H13NO3. The molecule has 1 aromatic rings. The molecule has 0 fully saturated rings. The first-order valence-corrected chi connectivity index (χ1v) is 4.84. The molecule has 0 bridgehead atoms. The SMILES string of the molecule is CNC(C)C(=O)c1cccc2c1OCO2. The van der Waals surface area contributed by atoms with Gasteiger partial charge in [0.25, 0.3) is 0 Å². The lowest BCUT2D eigenvalue weighted by Crippen LogP contribution is -2.30. The van der Waals surface area contributed by atoms with Gasteiger partial charge in [0.05, 0.1) is 11.6 Å². The van der Waals surface area contributed by atoms with Gasteiger partial charge in [0.1, 0.15) is 0 Å². The second-order valence-electron chi connectivity index (χ2n) is 3.41. The molecule has 0 radical (unpaired) electrons. The van der Waals surface area contributed by atoms with E-state index in [0.29, 0.717) is 17.1 Å². The Morgan fingerprint density at radius 3 is 3.00 bits per heavy atom. The van der Waals surface area contributed by atoms with Gasteiger partial charge >= 0.3 is 0 Å². The summed E-state index contributed by atoms with van der Waals surface area (Å²) >= 11 is 0. The van der Waals surface area contributed by atoms with E-state index in [0.717, 1.165) is 0 Å². The zero-order valence-corrected chi connectivity index (χ0v) is 8.74. The number of para-hydroxylation sites is 1. The van der Waals surface area contributed by atoms with Gasteiger partial charge in [-0.1, -0.05) is 6.07 Å². The van der Waals surface area contributed by atoms with Gasteiger partial charge < -0.3 is 14.8 Å². The average molecular weight is 207 g/mol. The minimum absolute atomic E-state index is 0.0138. The first-order chi connectivity index (χ1) is 7.24. The lowest BCUT2D eigenvalue weighted by molar-refractivity contribution is 0.0950. The minimum Gasteiger partial charge on any atom is -0.454 e. The van der Waals surface area contributed by atoms with Gasteiger partial charge in [-0.2, -0.15) is 0 Å². The summed E-state index contributed by atoms with van der Waals surface area (Å²) in [5.41, 5.74) is 0.576. The number of ketones is 1. The second-order valence-corrected chi connectivity index (χ2v) is 3.41. The van der Waals surface area contributed by atoms with Gasteiger partial charge in [0, 0.05) is 0 Å². The number of hydrogen-bond acceptors (Lipinski definition) is 4. The van der Waals surface area contributed by atoms with E-state index in [1.54, 1.807) is 25.2 Å². The highest BCUT2D eigenvalue weighted by molar-refractivity contribution is 6.02. The third-order valence-corrected chi connectivity index (χ3v) is 2.49. The van der Waals surface area contributed by atoms with Crippen LogP contribution in [0.4, 0.5) is 0 Å². The van der Waals surface area contributed by atoms with E-state index in [4.69, 9.17) is 9.47 Å². The first-order valence-electron chi connectivity index (χ1n) is 4.84. The van der Waals surface area contributed by atoms with Crippen molar-refractivity contribution in [3.05, 3.63) is 23.8 Å². The topological polar surface area (TPSA) is 47.6 Å². The Kier molecular flexibility index (Phi) is 2.60. The van der Waals surface area contributed by atoms with Crippen molar-refractivity contribution < 1.29 is 14.3 Å². The normalized spacial score (nSPS) is 15.1. The monoisotopic (exact) mass is 207 g/mol. The number of carbonyl (C=O) groups excluding carboxylic acids is 1. The Balaban J connectivity index is 2.37. The molecule has 2 rings (SSSR count). The van der Waals surface area contributed by atoms with Gasteiger partial charge in [-0.25, -0.2) is 0 Å². The van der Waals surface area contributed by atoms with Crippen molar-refractivity contribution in [1.29, 1.82) is 0 Å². The molecule has 1 heterocycles. The van der Waals surface area contributed by atoms with Crippen molar-refractivity contribution in [2.24, 2.45) is 0 Å². The molecule has 1 atom stereocenters. The van der Waals surface area contributed by atoms with Gasteiger partial charge in [0.2, 0.25) is 6.79 Å². The predicted molar refractivity (Wildman–Crippen MR) is 55.4 cm³/mol. The van der Waals surface area contributed by atoms with Crippen LogP contribution in [0, 0.1) is 0 Å². The number of benzene rings is 1. The highest BCUT2D eigenvalue weighted by atomic mass is 16.7. The number of nitrogens with one attached hydrogen (secondary N) is 1. The van der Waals surface area contributed by atoms with Crippen LogP contribution in [0.5, 0.6) is 11.5 Å². The summed E-state index contributed by atoms with van der Waals surface area (Å²) in [5.74, 6) is 1.22. The van der Waals surface area contributed by atoms with Crippen molar-refractivity contribution in [3.63, 3.8) is 0 Å². The van der Waals surface area contributed by atoms with Gasteiger partial charge in [-0.3, -0.25) is 4.79 Å². The zero-order valence-electron chi connectivity index (χ0n) is 8.74. The number of carbonyl (C=O) groups is 1. The third kappa shape index (κ3) is 1.68. The maximum absolute atomic E-state index is 11.9. The van der Waals surface area contributed by atoms with Crippen LogP contribution in [-0.4, -0.2) is 25.7 Å². The molecule has 0 amide bonds. The van der Waals surface area contributed by atoms with E-state index in [1.807, 2.05) is 6.92 Å². The Morgan fingerprint density at radius 1 is 1.47 bits per heavy atom. The molecule has 1 aromatic carbocycles. The Morgan fingerprint density at radius 2 is 2.27 bits per heavy atom. The smallest absolute Gasteiger partial charge is 0.231 e. The Hall–Kier alpha value is -1.55. The van der Waals surface area contributed by atoms with Gasteiger partial charge in [0.15, 0.2) is 17.3 Å². The second kappa shape index (κ2) is 3.90. The molecule has 1 N–H and O–H groups in total. The lowest BCUT2D eigenvalue weighted by atomic mass is 10.0. The van der Waals surface area contributed by atoms with Crippen molar-refractivity contribution >= 4 is 5.78 Å². The van der Waals surface area contributed by atoms with E-state index in [2.05, 4.69) is 5.32 Å². The van der Waals surface area contributed by atoms with Crippen LogP contribution >= 0.6 is 0 Å². The fraction of sp³-hybridized carbons (Fsp3) is 0.364. The maximum Gasteiger partial charge on any atom is 0.231 e. The summed E-state index contributed by atoms with van der Waals surface area (Å²) in [5, 5.41) is 2.91. The molecule has 1 aliphatic heterocycles. The Labute approximate surface area is 88.2 Å². The van der Waals surface area contributed by atoms with Crippen LogP contribution in [-0.2, 0) is 0 Å². The quantitative estimate of drug-likeness (QED) is 0.757. The van der Waals surface area contributed by atoms with Gasteiger partial charge in [-0.05, 0) is 26.1 Å². The molecule has 0 aliphatic carbocycles. The Bertz CT molecular complexity index is 389. The standard InChI is InChI=1S/C11H13NO3/c1-7(12-2)10(13)8-4-3-5-9-11(8)15-6-14-9/h3-5,7,12H,6H2,1-2H3. The predicted octanol–water partition coefficient (Wildman–Crippen LogP) is 1.21. The highest BCUT2D eigenvalue weighted by Gasteiger charge is 2.23. The fourth-order valence-corrected chi connectivity index (χ4v) is 1.49. The molecule has 1 unspecified atom stereocenters. The summed E-state index contributed by atoms with van der Waals surface area (Å²) in [4.78, 5) is 11.9. The van der Waals surface area contributed by atoms with Crippen molar-refractivity contribution in [2.45, 2.75) is 13.0 Å². The van der Waals surface area contributed by atoms with Crippen LogP contribution in [0.2, 0.25) is 0 Å². The number of ether oxygens (including phenoxy) is 2. The summed E-state index contributed by atoms with van der Waals surface area (Å²) in [6, 6.07) is 5.12. The van der Waals surface area contributed by atoms with Crippen molar-refractivity contribution in [3.8, 4) is 11.5 Å². The summed E-state index contributed by atoms with van der Waals surface area (Å²) < 4.78 is 10.5. The third-order valence-electron chi connectivity index (χ3n) is 2.49. The lowest BCUT2D eigenvalue weighted by Gasteiger charge is -2.10. The molecule has 15 heavy (non-hydrogen) atoms. The van der Waals surface area contributed by atoms with Crippen molar-refractivity contribution in [2.75, 3.05) is 13.8 Å². The molecule has 80 valence electrons. The van der Waals surface area contributed by atoms with Crippen LogP contribution in [0.15, 0.2) is 18.2 Å². The van der Waals surface area contributed by atoms with Crippen LogP contribution in [0.1, 0.15) is 17.3 Å². The highest BCUT2D eigenvalue weighted by Crippen LogP contribution is 2.35. The fourth-order valence-electron chi connectivity index (χ4n) is 1.49. The van der Waals surface area contributed by atoms with Crippen LogP contribution in [0.25, 0.3) is 0 Å². The zero-order chi connectivity index (χ0) is 10.8. The number of likely N-dealkylation sites (N-methyl/N-ethyl adjacent to an activating group) is 1. The maximum atomic E-state index is 11.9. The van der Waals surface area contributed by atoms with E-state index in [1.165, 1.54) is 0 Å². The van der Waals surface area contributed by atoms with E-state index in [-0.39, 0.29) is 18.6 Å². The van der Waals surface area contributed by atoms with Crippen LogP contribution < -0.4 is 14.8 Å². The molecule has 1 aliphatic rings. The van der Waals surface area contributed by atoms with Gasteiger partial charge in [-0.15, -0.1) is 0 Å². The largest absolute Gasteiger partial charge is 0.454 e. The summed E-state index contributed by atoms with van der Waals surface area (Å²) in [7, 11) is 1.75. The average Bonchev–Trinajstić information content (AvgIpc) is 2.74. The summed E-state index contributed by atoms with van der Waals surface area (Å²) in [6.45, 7) is 2.01. The summed E-state index contributed by atoms with van der Waals surface area (Å²) in [6.07, 6.45) is 0. The van der Waals surface area contributed by atoms with E-state index in [9.17, 15) is 4.79 Å². The van der Waals surface area contributed by atoms with Crippen LogP contribution in [0.3, 0.4) is 0 Å². The number of hydrogen-bond donors (Lipinski definition) is 1. The number of Topliss-reactive ketones (excluding diaryl/α,β-unsaturated/α-hetero) is 1. The molecular weight excluding hydrogens is 194 g/mol. The molecule has 4 heteroatoms. The first kappa shape index (κ1) is 9.98. The molecule has 0 saturated carbocycles. The molecule has 0 saturated heterocycles. The van der Waals surface area contributed by atoms with E-state index < -0.39 is 0 Å². The molecule has 0 spiro atoms. The van der Waals surface area contributed by atoms with Crippen molar-refractivity contribution in [1.82, 2.24) is 5.32 Å². The van der Waals surface area contributed by atoms with E-state index >= 15 is 0 Å². The minimum atomic E-state index is -0.222.